The lowest BCUT2D eigenvalue weighted by atomic mass is 9.86. The van der Waals surface area contributed by atoms with Crippen LogP contribution in [-0.4, -0.2) is 44.8 Å². The fraction of sp³-hybridized carbons (Fsp3) is 0.381. The standard InChI is InChI=1S/C21H24ClN3O3S/c1-14-4-5-15(22)12-19(14)24-8-10-25(11-9-24)29(27,28)16-6-7-18-17(13-16)21(2,3)20(26)23-18/h4-7,12-13H,8-11H2,1-3H3,(H,23,26). The third-order valence-electron chi connectivity index (χ3n) is 5.87. The molecule has 154 valence electrons. The summed E-state index contributed by atoms with van der Waals surface area (Å²) in [5.41, 5.74) is 2.81. The van der Waals surface area contributed by atoms with Crippen LogP contribution in [0.4, 0.5) is 11.4 Å². The Morgan fingerprint density at radius 2 is 1.72 bits per heavy atom. The molecule has 2 heterocycles. The number of nitrogens with zero attached hydrogens (tertiary/aromatic N) is 2. The summed E-state index contributed by atoms with van der Waals surface area (Å²) in [6.07, 6.45) is 0. The maximum atomic E-state index is 13.2. The smallest absolute Gasteiger partial charge is 0.243 e. The summed E-state index contributed by atoms with van der Waals surface area (Å²) in [6, 6.07) is 10.6. The number of nitrogens with one attached hydrogen (secondary N) is 1. The Bertz CT molecular complexity index is 1090. The molecule has 4 rings (SSSR count). The maximum absolute atomic E-state index is 13.2. The lowest BCUT2D eigenvalue weighted by Gasteiger charge is -2.36. The highest BCUT2D eigenvalue weighted by molar-refractivity contribution is 7.89. The van der Waals surface area contributed by atoms with E-state index in [-0.39, 0.29) is 10.8 Å². The van der Waals surface area contributed by atoms with Gasteiger partial charge in [-0.3, -0.25) is 4.79 Å². The second-order valence-electron chi connectivity index (χ2n) is 8.11. The van der Waals surface area contributed by atoms with Crippen LogP contribution in [0.1, 0.15) is 25.0 Å². The zero-order chi connectivity index (χ0) is 21.0. The van der Waals surface area contributed by atoms with Crippen LogP contribution < -0.4 is 10.2 Å². The van der Waals surface area contributed by atoms with E-state index in [1.165, 1.54) is 4.31 Å². The van der Waals surface area contributed by atoms with Crippen molar-refractivity contribution in [2.75, 3.05) is 36.4 Å². The topological polar surface area (TPSA) is 69.7 Å². The molecule has 0 radical (unpaired) electrons. The molecule has 1 fully saturated rings. The predicted octanol–water partition coefficient (Wildman–Crippen LogP) is 3.39. The SMILES string of the molecule is Cc1ccc(Cl)cc1N1CCN(S(=O)(=O)c2ccc3c(c2)C(C)(C)C(=O)N3)CC1. The van der Waals surface area contributed by atoms with Crippen LogP contribution in [0.2, 0.25) is 5.02 Å². The van der Waals surface area contributed by atoms with Crippen molar-refractivity contribution in [3.05, 3.63) is 52.5 Å². The van der Waals surface area contributed by atoms with Crippen molar-refractivity contribution in [3.63, 3.8) is 0 Å². The molecule has 0 atom stereocenters. The number of benzene rings is 2. The fourth-order valence-electron chi connectivity index (χ4n) is 3.95. The molecule has 0 spiro atoms. The highest BCUT2D eigenvalue weighted by Gasteiger charge is 2.39. The van der Waals surface area contributed by atoms with Crippen molar-refractivity contribution >= 4 is 38.9 Å². The van der Waals surface area contributed by atoms with E-state index in [0.717, 1.165) is 16.8 Å². The number of sulfonamides is 1. The van der Waals surface area contributed by atoms with Gasteiger partial charge in [0.1, 0.15) is 0 Å². The molecule has 2 aromatic rings. The van der Waals surface area contributed by atoms with Gasteiger partial charge in [-0.25, -0.2) is 8.42 Å². The fourth-order valence-corrected chi connectivity index (χ4v) is 5.57. The lowest BCUT2D eigenvalue weighted by Crippen LogP contribution is -2.48. The summed E-state index contributed by atoms with van der Waals surface area (Å²) in [6.45, 7) is 7.61. The van der Waals surface area contributed by atoms with Crippen LogP contribution in [0.3, 0.4) is 0 Å². The van der Waals surface area contributed by atoms with Gasteiger partial charge in [-0.1, -0.05) is 17.7 Å². The van der Waals surface area contributed by atoms with Gasteiger partial charge in [-0.15, -0.1) is 0 Å². The Labute approximate surface area is 176 Å². The molecule has 29 heavy (non-hydrogen) atoms. The Hall–Kier alpha value is -2.09. The molecule has 1 saturated heterocycles. The van der Waals surface area contributed by atoms with Gasteiger partial charge in [-0.05, 0) is 62.2 Å². The molecule has 0 bridgehead atoms. The molecule has 1 N–H and O–H groups in total. The number of hydrogen-bond donors (Lipinski definition) is 1. The van der Waals surface area contributed by atoms with Crippen LogP contribution in [-0.2, 0) is 20.2 Å². The molecule has 0 aromatic heterocycles. The average molecular weight is 434 g/mol. The van der Waals surface area contributed by atoms with Crippen LogP contribution in [0.25, 0.3) is 0 Å². The highest BCUT2D eigenvalue weighted by atomic mass is 35.5. The molecule has 1 amide bonds. The second-order valence-corrected chi connectivity index (χ2v) is 10.5. The number of fused-ring (bicyclic) bond motifs is 1. The Morgan fingerprint density at radius 1 is 1.03 bits per heavy atom. The van der Waals surface area contributed by atoms with Gasteiger partial charge >= 0.3 is 0 Å². The summed E-state index contributed by atoms with van der Waals surface area (Å²) in [7, 11) is -3.63. The molecule has 0 unspecified atom stereocenters. The Balaban J connectivity index is 1.55. The van der Waals surface area contributed by atoms with Crippen molar-refractivity contribution in [3.8, 4) is 0 Å². The van der Waals surface area contributed by atoms with Gasteiger partial charge in [-0.2, -0.15) is 4.31 Å². The largest absolute Gasteiger partial charge is 0.369 e. The van der Waals surface area contributed by atoms with Crippen LogP contribution in [0, 0.1) is 6.92 Å². The number of piperazine rings is 1. The first-order valence-corrected chi connectivity index (χ1v) is 11.4. The normalized spacial score (nSPS) is 19.2. The van der Waals surface area contributed by atoms with Crippen molar-refractivity contribution in [1.82, 2.24) is 4.31 Å². The summed E-state index contributed by atoms with van der Waals surface area (Å²) in [5, 5.41) is 3.49. The van der Waals surface area contributed by atoms with Crippen molar-refractivity contribution in [2.24, 2.45) is 0 Å². The predicted molar refractivity (Wildman–Crippen MR) is 115 cm³/mol. The Morgan fingerprint density at radius 3 is 2.41 bits per heavy atom. The number of halogens is 1. The van der Waals surface area contributed by atoms with E-state index >= 15 is 0 Å². The molecule has 2 aliphatic heterocycles. The second kappa shape index (κ2) is 7.00. The molecule has 2 aromatic carbocycles. The van der Waals surface area contributed by atoms with Gasteiger partial charge in [0.25, 0.3) is 0 Å². The molecule has 8 heteroatoms. The quantitative estimate of drug-likeness (QED) is 0.805. The van der Waals surface area contributed by atoms with Crippen LogP contribution >= 0.6 is 11.6 Å². The van der Waals surface area contributed by atoms with E-state index in [1.807, 2.05) is 25.1 Å². The van der Waals surface area contributed by atoms with E-state index < -0.39 is 15.4 Å². The van der Waals surface area contributed by atoms with E-state index in [4.69, 9.17) is 11.6 Å². The summed E-state index contributed by atoms with van der Waals surface area (Å²) in [5.74, 6) is -0.118. The minimum atomic E-state index is -3.63. The molecular weight excluding hydrogens is 410 g/mol. The summed E-state index contributed by atoms with van der Waals surface area (Å²) >= 11 is 6.13. The molecule has 0 aliphatic carbocycles. The van der Waals surface area contributed by atoms with E-state index in [9.17, 15) is 13.2 Å². The van der Waals surface area contributed by atoms with Gasteiger partial charge in [0, 0.05) is 42.6 Å². The van der Waals surface area contributed by atoms with Crippen LogP contribution in [0.5, 0.6) is 0 Å². The van der Waals surface area contributed by atoms with Crippen LogP contribution in [0.15, 0.2) is 41.3 Å². The minimum absolute atomic E-state index is 0.118. The number of hydrogen-bond acceptors (Lipinski definition) is 4. The van der Waals surface area contributed by atoms with Gasteiger partial charge in [0.05, 0.1) is 10.3 Å². The first kappa shape index (κ1) is 20.2. The van der Waals surface area contributed by atoms with Gasteiger partial charge in [0.15, 0.2) is 0 Å². The molecular formula is C21H24ClN3O3S. The highest BCUT2D eigenvalue weighted by Crippen LogP contribution is 2.39. The number of anilines is 2. The monoisotopic (exact) mass is 433 g/mol. The third-order valence-corrected chi connectivity index (χ3v) is 8.00. The van der Waals surface area contributed by atoms with Crippen molar-refractivity contribution < 1.29 is 13.2 Å². The Kier molecular flexibility index (Phi) is 4.88. The number of carbonyl (C=O) groups excluding carboxylic acids is 1. The van der Waals surface area contributed by atoms with Gasteiger partial charge < -0.3 is 10.2 Å². The summed E-state index contributed by atoms with van der Waals surface area (Å²) < 4.78 is 28.0. The first-order chi connectivity index (χ1) is 13.6. The van der Waals surface area contributed by atoms with E-state index in [1.54, 1.807) is 32.0 Å². The van der Waals surface area contributed by atoms with Crippen molar-refractivity contribution in [1.29, 1.82) is 0 Å². The summed E-state index contributed by atoms with van der Waals surface area (Å²) in [4.78, 5) is 14.5. The zero-order valence-corrected chi connectivity index (χ0v) is 18.3. The minimum Gasteiger partial charge on any atom is -0.369 e. The number of aryl methyl sites for hydroxylation is 1. The first-order valence-electron chi connectivity index (χ1n) is 9.58. The maximum Gasteiger partial charge on any atom is 0.243 e. The lowest BCUT2D eigenvalue weighted by molar-refractivity contribution is -0.119. The molecule has 6 nitrogen and oxygen atoms in total. The molecule has 2 aliphatic rings. The average Bonchev–Trinajstić information content (AvgIpc) is 2.92. The van der Waals surface area contributed by atoms with Gasteiger partial charge in [0.2, 0.25) is 15.9 Å². The number of carbonyl (C=O) groups is 1. The number of amides is 1. The number of rotatable bonds is 3. The molecule has 0 saturated carbocycles. The van der Waals surface area contributed by atoms with E-state index in [2.05, 4.69) is 10.2 Å². The zero-order valence-electron chi connectivity index (χ0n) is 16.7. The van der Waals surface area contributed by atoms with Crippen molar-refractivity contribution in [2.45, 2.75) is 31.1 Å². The van der Waals surface area contributed by atoms with E-state index in [0.29, 0.717) is 36.9 Å². The third kappa shape index (κ3) is 3.41.